The summed E-state index contributed by atoms with van der Waals surface area (Å²) in [5.74, 6) is 2.15. The highest BCUT2D eigenvalue weighted by molar-refractivity contribution is 5.55. The molecular weight excluding hydrogens is 230 g/mol. The van der Waals surface area contributed by atoms with Gasteiger partial charge in [0.2, 0.25) is 5.75 Å². The fraction of sp³-hybridized carbons (Fsp3) is 0.571. The zero-order valence-corrected chi connectivity index (χ0v) is 11.3. The van der Waals surface area contributed by atoms with Gasteiger partial charge in [0.25, 0.3) is 0 Å². The molecule has 0 saturated heterocycles. The minimum atomic E-state index is 0.670. The average molecular weight is 251 g/mol. The SMILES string of the molecule is COc1ccc(CCNC2CC2)c(OC)c1OC. The van der Waals surface area contributed by atoms with Crippen LogP contribution < -0.4 is 19.5 Å². The van der Waals surface area contributed by atoms with Crippen molar-refractivity contribution in [2.24, 2.45) is 0 Å². The second kappa shape index (κ2) is 5.96. The van der Waals surface area contributed by atoms with E-state index >= 15 is 0 Å². The summed E-state index contributed by atoms with van der Waals surface area (Å²) >= 11 is 0. The number of ether oxygens (including phenoxy) is 3. The van der Waals surface area contributed by atoms with Gasteiger partial charge in [-0.05, 0) is 37.4 Å². The number of benzene rings is 1. The van der Waals surface area contributed by atoms with Crippen LogP contribution >= 0.6 is 0 Å². The fourth-order valence-corrected chi connectivity index (χ4v) is 2.06. The Morgan fingerprint density at radius 3 is 2.33 bits per heavy atom. The molecule has 1 aliphatic rings. The maximum absolute atomic E-state index is 5.45. The molecule has 4 nitrogen and oxygen atoms in total. The summed E-state index contributed by atoms with van der Waals surface area (Å²) in [5, 5.41) is 3.49. The molecule has 0 unspecified atom stereocenters. The highest BCUT2D eigenvalue weighted by atomic mass is 16.5. The Hall–Kier alpha value is -1.42. The second-order valence-electron chi connectivity index (χ2n) is 4.47. The maximum Gasteiger partial charge on any atom is 0.203 e. The molecule has 1 aromatic rings. The van der Waals surface area contributed by atoms with E-state index in [-0.39, 0.29) is 0 Å². The fourth-order valence-electron chi connectivity index (χ4n) is 2.06. The van der Waals surface area contributed by atoms with Crippen LogP contribution in [0, 0.1) is 0 Å². The molecule has 0 heterocycles. The van der Waals surface area contributed by atoms with Crippen molar-refractivity contribution >= 4 is 0 Å². The van der Waals surface area contributed by atoms with E-state index in [9.17, 15) is 0 Å². The predicted molar refractivity (Wildman–Crippen MR) is 70.8 cm³/mol. The van der Waals surface area contributed by atoms with Gasteiger partial charge in [-0.25, -0.2) is 0 Å². The van der Waals surface area contributed by atoms with E-state index in [0.29, 0.717) is 11.5 Å². The van der Waals surface area contributed by atoms with E-state index in [1.807, 2.05) is 12.1 Å². The maximum atomic E-state index is 5.45. The van der Waals surface area contributed by atoms with Crippen molar-refractivity contribution in [2.75, 3.05) is 27.9 Å². The standard InChI is InChI=1S/C14H21NO3/c1-16-12-7-4-10(8-9-15-11-5-6-11)13(17-2)14(12)18-3/h4,7,11,15H,5-6,8-9H2,1-3H3. The molecule has 100 valence electrons. The third-order valence-corrected chi connectivity index (χ3v) is 3.19. The van der Waals surface area contributed by atoms with Crippen LogP contribution in [0.2, 0.25) is 0 Å². The molecule has 1 saturated carbocycles. The molecule has 2 rings (SSSR count). The van der Waals surface area contributed by atoms with Crippen LogP contribution in [0.5, 0.6) is 17.2 Å². The lowest BCUT2D eigenvalue weighted by atomic mass is 10.1. The Balaban J connectivity index is 2.11. The lowest BCUT2D eigenvalue weighted by molar-refractivity contribution is 0.322. The molecule has 0 spiro atoms. The zero-order chi connectivity index (χ0) is 13.0. The highest BCUT2D eigenvalue weighted by Gasteiger charge is 2.20. The quantitative estimate of drug-likeness (QED) is 0.804. The lowest BCUT2D eigenvalue weighted by Gasteiger charge is -2.15. The van der Waals surface area contributed by atoms with Gasteiger partial charge in [0.05, 0.1) is 21.3 Å². The number of rotatable bonds is 7. The van der Waals surface area contributed by atoms with Gasteiger partial charge < -0.3 is 19.5 Å². The largest absolute Gasteiger partial charge is 0.493 e. The van der Waals surface area contributed by atoms with Crippen LogP contribution in [-0.4, -0.2) is 33.9 Å². The molecule has 18 heavy (non-hydrogen) atoms. The molecule has 0 bridgehead atoms. The monoisotopic (exact) mass is 251 g/mol. The van der Waals surface area contributed by atoms with Crippen LogP contribution in [0.25, 0.3) is 0 Å². The van der Waals surface area contributed by atoms with Crippen molar-refractivity contribution in [1.29, 1.82) is 0 Å². The molecule has 1 aromatic carbocycles. The molecule has 0 aliphatic heterocycles. The van der Waals surface area contributed by atoms with Gasteiger partial charge in [-0.1, -0.05) is 6.07 Å². The van der Waals surface area contributed by atoms with Gasteiger partial charge >= 0.3 is 0 Å². The minimum absolute atomic E-state index is 0.670. The van der Waals surface area contributed by atoms with Crippen LogP contribution in [0.1, 0.15) is 18.4 Å². The van der Waals surface area contributed by atoms with Crippen molar-refractivity contribution in [2.45, 2.75) is 25.3 Å². The molecule has 1 N–H and O–H groups in total. The first kappa shape index (κ1) is 13.0. The lowest BCUT2D eigenvalue weighted by Crippen LogP contribution is -2.19. The van der Waals surface area contributed by atoms with E-state index < -0.39 is 0 Å². The Morgan fingerprint density at radius 1 is 1.06 bits per heavy atom. The Morgan fingerprint density at radius 2 is 1.78 bits per heavy atom. The summed E-state index contributed by atoms with van der Waals surface area (Å²) in [6.45, 7) is 0.969. The first-order valence-corrected chi connectivity index (χ1v) is 6.31. The molecular formula is C14H21NO3. The highest BCUT2D eigenvalue weighted by Crippen LogP contribution is 2.39. The molecule has 1 aliphatic carbocycles. The van der Waals surface area contributed by atoms with E-state index in [0.717, 1.165) is 30.3 Å². The summed E-state index contributed by atoms with van der Waals surface area (Å²) < 4.78 is 16.1. The smallest absolute Gasteiger partial charge is 0.203 e. The first-order valence-electron chi connectivity index (χ1n) is 6.31. The van der Waals surface area contributed by atoms with Gasteiger partial charge in [0.15, 0.2) is 11.5 Å². The van der Waals surface area contributed by atoms with Gasteiger partial charge in [-0.15, -0.1) is 0 Å². The third-order valence-electron chi connectivity index (χ3n) is 3.19. The molecule has 1 fully saturated rings. The van der Waals surface area contributed by atoms with Gasteiger partial charge in [0.1, 0.15) is 0 Å². The van der Waals surface area contributed by atoms with Crippen LogP contribution in [0.3, 0.4) is 0 Å². The van der Waals surface area contributed by atoms with Crippen molar-refractivity contribution in [1.82, 2.24) is 5.32 Å². The van der Waals surface area contributed by atoms with Gasteiger partial charge in [0, 0.05) is 6.04 Å². The van der Waals surface area contributed by atoms with Gasteiger partial charge in [-0.3, -0.25) is 0 Å². The number of nitrogens with one attached hydrogen (secondary N) is 1. The number of hydrogen-bond acceptors (Lipinski definition) is 4. The summed E-state index contributed by atoms with van der Waals surface area (Å²) in [6, 6.07) is 4.69. The van der Waals surface area contributed by atoms with Crippen molar-refractivity contribution < 1.29 is 14.2 Å². The van der Waals surface area contributed by atoms with E-state index in [1.54, 1.807) is 21.3 Å². The third kappa shape index (κ3) is 2.88. The average Bonchev–Trinajstić information content (AvgIpc) is 3.21. The molecule has 4 heteroatoms. The van der Waals surface area contributed by atoms with Crippen LogP contribution in [0.15, 0.2) is 12.1 Å². The van der Waals surface area contributed by atoms with E-state index in [2.05, 4.69) is 5.32 Å². The second-order valence-corrected chi connectivity index (χ2v) is 4.47. The Bertz CT molecular complexity index is 402. The van der Waals surface area contributed by atoms with Crippen molar-refractivity contribution in [3.05, 3.63) is 17.7 Å². The molecule has 0 atom stereocenters. The first-order chi connectivity index (χ1) is 8.80. The summed E-state index contributed by atoms with van der Waals surface area (Å²) in [6.07, 6.45) is 3.55. The van der Waals surface area contributed by atoms with Gasteiger partial charge in [-0.2, -0.15) is 0 Å². The van der Waals surface area contributed by atoms with Crippen LogP contribution in [-0.2, 0) is 6.42 Å². The molecule has 0 radical (unpaired) electrons. The van der Waals surface area contributed by atoms with Crippen LogP contribution in [0.4, 0.5) is 0 Å². The van der Waals surface area contributed by atoms with E-state index in [1.165, 1.54) is 12.8 Å². The predicted octanol–water partition coefficient (Wildman–Crippen LogP) is 2.01. The van der Waals surface area contributed by atoms with E-state index in [4.69, 9.17) is 14.2 Å². The molecule has 0 amide bonds. The zero-order valence-electron chi connectivity index (χ0n) is 11.3. The number of methoxy groups -OCH3 is 3. The summed E-state index contributed by atoms with van der Waals surface area (Å²) in [7, 11) is 4.92. The summed E-state index contributed by atoms with van der Waals surface area (Å²) in [4.78, 5) is 0. The minimum Gasteiger partial charge on any atom is -0.493 e. The normalized spacial score (nSPS) is 14.4. The Labute approximate surface area is 108 Å². The topological polar surface area (TPSA) is 39.7 Å². The summed E-state index contributed by atoms with van der Waals surface area (Å²) in [5.41, 5.74) is 1.14. The molecule has 0 aromatic heterocycles. The van der Waals surface area contributed by atoms with Crippen molar-refractivity contribution in [3.63, 3.8) is 0 Å². The van der Waals surface area contributed by atoms with Crippen molar-refractivity contribution in [3.8, 4) is 17.2 Å². The Kier molecular flexibility index (Phi) is 4.31. The number of hydrogen-bond donors (Lipinski definition) is 1.